The molecule has 5 heteroatoms. The number of anilines is 1. The number of piperidine rings is 1. The van der Waals surface area contributed by atoms with Gasteiger partial charge in [-0.15, -0.1) is 0 Å². The normalized spacial score (nSPS) is 17.8. The SMILES string of the molecule is CCOc1ccc(C2=C(N3CCC(C)CC3)C(=O)N(c3ccccc3C)C2=O)cc1. The Morgan fingerprint density at radius 1 is 0.967 bits per heavy atom. The summed E-state index contributed by atoms with van der Waals surface area (Å²) < 4.78 is 5.54. The van der Waals surface area contributed by atoms with Gasteiger partial charge in [0.05, 0.1) is 17.9 Å². The van der Waals surface area contributed by atoms with Crippen LogP contribution in [0.15, 0.2) is 54.2 Å². The van der Waals surface area contributed by atoms with E-state index in [4.69, 9.17) is 4.74 Å². The number of aryl methyl sites for hydroxylation is 1. The highest BCUT2D eigenvalue weighted by Crippen LogP contribution is 2.37. The number of nitrogens with zero attached hydrogens (tertiary/aromatic N) is 2. The molecule has 30 heavy (non-hydrogen) atoms. The molecule has 0 aliphatic carbocycles. The molecular formula is C25H28N2O3. The quantitative estimate of drug-likeness (QED) is 0.693. The summed E-state index contributed by atoms with van der Waals surface area (Å²) in [6, 6.07) is 15.0. The van der Waals surface area contributed by atoms with Gasteiger partial charge in [-0.1, -0.05) is 37.3 Å². The van der Waals surface area contributed by atoms with Gasteiger partial charge in [0.1, 0.15) is 11.4 Å². The van der Waals surface area contributed by atoms with Crippen molar-refractivity contribution in [1.29, 1.82) is 0 Å². The van der Waals surface area contributed by atoms with Crippen molar-refractivity contribution in [3.8, 4) is 5.75 Å². The predicted octanol–water partition coefficient (Wildman–Crippen LogP) is 4.41. The average molecular weight is 405 g/mol. The van der Waals surface area contributed by atoms with E-state index in [-0.39, 0.29) is 11.8 Å². The first-order chi connectivity index (χ1) is 14.5. The maximum Gasteiger partial charge on any atom is 0.282 e. The number of rotatable bonds is 5. The number of benzene rings is 2. The highest BCUT2D eigenvalue weighted by molar-refractivity contribution is 6.45. The Hall–Kier alpha value is -3.08. The van der Waals surface area contributed by atoms with Crippen LogP contribution in [0, 0.1) is 12.8 Å². The predicted molar refractivity (Wildman–Crippen MR) is 118 cm³/mol. The first-order valence-corrected chi connectivity index (χ1v) is 10.7. The van der Waals surface area contributed by atoms with Gasteiger partial charge in [-0.25, -0.2) is 4.90 Å². The Morgan fingerprint density at radius 2 is 1.63 bits per heavy atom. The molecule has 2 aromatic carbocycles. The van der Waals surface area contributed by atoms with Gasteiger partial charge >= 0.3 is 0 Å². The van der Waals surface area contributed by atoms with Gasteiger partial charge < -0.3 is 9.64 Å². The van der Waals surface area contributed by atoms with Gasteiger partial charge in [-0.05, 0) is 61.9 Å². The number of para-hydroxylation sites is 1. The lowest BCUT2D eigenvalue weighted by Crippen LogP contribution is -2.38. The zero-order chi connectivity index (χ0) is 21.3. The number of carbonyl (C=O) groups excluding carboxylic acids is 2. The fourth-order valence-corrected chi connectivity index (χ4v) is 4.22. The van der Waals surface area contributed by atoms with E-state index in [0.717, 1.165) is 42.8 Å². The maximum atomic E-state index is 13.6. The van der Waals surface area contributed by atoms with E-state index in [1.54, 1.807) is 0 Å². The van der Waals surface area contributed by atoms with Crippen LogP contribution >= 0.6 is 0 Å². The zero-order valence-corrected chi connectivity index (χ0v) is 17.9. The molecule has 0 spiro atoms. The van der Waals surface area contributed by atoms with E-state index in [9.17, 15) is 9.59 Å². The van der Waals surface area contributed by atoms with Gasteiger partial charge in [0.2, 0.25) is 0 Å². The molecule has 2 aliphatic rings. The van der Waals surface area contributed by atoms with Crippen LogP contribution in [0.2, 0.25) is 0 Å². The Bertz CT molecular complexity index is 986. The number of imide groups is 1. The third-order valence-corrected chi connectivity index (χ3v) is 5.97. The Morgan fingerprint density at radius 3 is 2.27 bits per heavy atom. The van der Waals surface area contributed by atoms with E-state index >= 15 is 0 Å². The molecule has 5 nitrogen and oxygen atoms in total. The molecule has 0 saturated carbocycles. The molecule has 0 aromatic heterocycles. The highest BCUT2D eigenvalue weighted by Gasteiger charge is 2.43. The molecule has 2 aromatic rings. The van der Waals surface area contributed by atoms with Gasteiger partial charge in [-0.2, -0.15) is 0 Å². The van der Waals surface area contributed by atoms with Crippen LogP contribution in [0.1, 0.15) is 37.8 Å². The van der Waals surface area contributed by atoms with Gasteiger partial charge in [0, 0.05) is 13.1 Å². The second-order valence-electron chi connectivity index (χ2n) is 8.08. The van der Waals surface area contributed by atoms with Crippen LogP contribution in [-0.2, 0) is 9.59 Å². The summed E-state index contributed by atoms with van der Waals surface area (Å²) in [5, 5.41) is 0. The van der Waals surface area contributed by atoms with Crippen LogP contribution in [0.4, 0.5) is 5.69 Å². The van der Waals surface area contributed by atoms with Crippen molar-refractivity contribution in [3.63, 3.8) is 0 Å². The third-order valence-electron chi connectivity index (χ3n) is 5.97. The minimum absolute atomic E-state index is 0.229. The highest BCUT2D eigenvalue weighted by atomic mass is 16.5. The molecule has 2 heterocycles. The Balaban J connectivity index is 1.79. The number of likely N-dealkylation sites (tertiary alicyclic amines) is 1. The standard InChI is InChI=1S/C25H28N2O3/c1-4-30-20-11-9-19(10-12-20)22-23(26-15-13-17(2)14-16-26)25(29)27(24(22)28)21-8-6-5-7-18(21)3/h5-12,17H,4,13-16H2,1-3H3. The number of amides is 2. The summed E-state index contributed by atoms with van der Waals surface area (Å²) in [6.07, 6.45) is 2.04. The fourth-order valence-electron chi connectivity index (χ4n) is 4.22. The molecule has 2 amide bonds. The molecule has 1 saturated heterocycles. The number of ether oxygens (including phenoxy) is 1. The molecule has 4 rings (SSSR count). The fraction of sp³-hybridized carbons (Fsp3) is 0.360. The van der Waals surface area contributed by atoms with Crippen LogP contribution in [0.5, 0.6) is 5.75 Å². The summed E-state index contributed by atoms with van der Waals surface area (Å²) in [7, 11) is 0. The molecular weight excluding hydrogens is 376 g/mol. The van der Waals surface area contributed by atoms with Crippen molar-refractivity contribution in [3.05, 3.63) is 65.4 Å². The van der Waals surface area contributed by atoms with E-state index in [2.05, 4.69) is 11.8 Å². The van der Waals surface area contributed by atoms with Crippen LogP contribution in [0.3, 0.4) is 0 Å². The number of hydrogen-bond acceptors (Lipinski definition) is 4. The van der Waals surface area contributed by atoms with Crippen molar-refractivity contribution in [2.45, 2.75) is 33.6 Å². The van der Waals surface area contributed by atoms with E-state index < -0.39 is 0 Å². The Kier molecular flexibility index (Phi) is 5.62. The summed E-state index contributed by atoms with van der Waals surface area (Å²) in [4.78, 5) is 30.6. The van der Waals surface area contributed by atoms with Crippen molar-refractivity contribution < 1.29 is 14.3 Å². The smallest absolute Gasteiger partial charge is 0.282 e. The monoisotopic (exact) mass is 404 g/mol. The molecule has 156 valence electrons. The minimum Gasteiger partial charge on any atom is -0.494 e. The minimum atomic E-state index is -0.257. The topological polar surface area (TPSA) is 49.9 Å². The second-order valence-corrected chi connectivity index (χ2v) is 8.08. The maximum absolute atomic E-state index is 13.6. The van der Waals surface area contributed by atoms with E-state index in [1.165, 1.54) is 4.90 Å². The van der Waals surface area contributed by atoms with Crippen molar-refractivity contribution in [2.24, 2.45) is 5.92 Å². The molecule has 0 radical (unpaired) electrons. The number of hydrogen-bond donors (Lipinski definition) is 0. The van der Waals surface area contributed by atoms with Crippen molar-refractivity contribution >= 4 is 23.1 Å². The van der Waals surface area contributed by atoms with E-state index in [0.29, 0.717) is 29.5 Å². The third kappa shape index (κ3) is 3.60. The molecule has 0 atom stereocenters. The molecule has 0 unspecified atom stereocenters. The van der Waals surface area contributed by atoms with Crippen LogP contribution in [0.25, 0.3) is 5.57 Å². The summed E-state index contributed by atoms with van der Waals surface area (Å²) >= 11 is 0. The first-order valence-electron chi connectivity index (χ1n) is 10.7. The van der Waals surface area contributed by atoms with Gasteiger partial charge in [-0.3, -0.25) is 9.59 Å². The number of carbonyl (C=O) groups is 2. The van der Waals surface area contributed by atoms with Crippen LogP contribution in [-0.4, -0.2) is 36.4 Å². The summed E-state index contributed by atoms with van der Waals surface area (Å²) in [5.41, 5.74) is 3.32. The molecule has 0 N–H and O–H groups in total. The first kappa shape index (κ1) is 20.2. The van der Waals surface area contributed by atoms with E-state index in [1.807, 2.05) is 62.4 Å². The molecule has 2 aliphatic heterocycles. The molecule has 1 fully saturated rings. The lowest BCUT2D eigenvalue weighted by atomic mass is 9.97. The summed E-state index contributed by atoms with van der Waals surface area (Å²) in [6.45, 7) is 8.26. The van der Waals surface area contributed by atoms with Gasteiger partial charge in [0.15, 0.2) is 0 Å². The zero-order valence-electron chi connectivity index (χ0n) is 17.9. The second kappa shape index (κ2) is 8.34. The summed E-state index contributed by atoms with van der Waals surface area (Å²) in [5.74, 6) is 0.901. The lowest BCUT2D eigenvalue weighted by Gasteiger charge is -2.32. The Labute approximate surface area is 177 Å². The average Bonchev–Trinajstić information content (AvgIpc) is 3.00. The van der Waals surface area contributed by atoms with Gasteiger partial charge in [0.25, 0.3) is 11.8 Å². The van der Waals surface area contributed by atoms with Crippen molar-refractivity contribution in [1.82, 2.24) is 4.90 Å². The largest absolute Gasteiger partial charge is 0.494 e. The van der Waals surface area contributed by atoms with Crippen molar-refractivity contribution in [2.75, 3.05) is 24.6 Å². The van der Waals surface area contributed by atoms with Crippen LogP contribution < -0.4 is 9.64 Å². The molecule has 0 bridgehead atoms. The lowest BCUT2D eigenvalue weighted by molar-refractivity contribution is -0.120.